The molecule has 0 unspecified atom stereocenters. The number of aryl methyl sites for hydroxylation is 1. The normalized spacial score (nSPS) is 16.2. The first-order valence-corrected chi connectivity index (χ1v) is 9.52. The van der Waals surface area contributed by atoms with Crippen LogP contribution in [0.4, 0.5) is 5.82 Å². The minimum atomic E-state index is 0.331. The summed E-state index contributed by atoms with van der Waals surface area (Å²) in [6.45, 7) is 4.07. The van der Waals surface area contributed by atoms with Gasteiger partial charge in [-0.3, -0.25) is 4.98 Å². The lowest BCUT2D eigenvalue weighted by atomic mass is 10.1. The fraction of sp³-hybridized carbons (Fsp3) is 0.350. The van der Waals surface area contributed by atoms with Crippen molar-refractivity contribution >= 4 is 27.9 Å². The summed E-state index contributed by atoms with van der Waals surface area (Å²) in [5.74, 6) is 0.540. The van der Waals surface area contributed by atoms with Crippen molar-refractivity contribution in [1.29, 1.82) is 0 Å². The fourth-order valence-corrected chi connectivity index (χ4v) is 3.86. The van der Waals surface area contributed by atoms with Gasteiger partial charge in [-0.05, 0) is 63.7 Å². The highest BCUT2D eigenvalue weighted by molar-refractivity contribution is 5.99. The van der Waals surface area contributed by atoms with E-state index in [9.17, 15) is 0 Å². The third kappa shape index (κ3) is 2.77. The molecular formula is C20H22N8. The number of anilines is 1. The lowest BCUT2D eigenvalue weighted by molar-refractivity contribution is 0.214. The van der Waals surface area contributed by atoms with Gasteiger partial charge in [-0.25, -0.2) is 14.6 Å². The minimum Gasteiger partial charge on any atom is -0.383 e. The van der Waals surface area contributed by atoms with E-state index in [0.717, 1.165) is 64.8 Å². The van der Waals surface area contributed by atoms with Gasteiger partial charge in [-0.15, -0.1) is 5.10 Å². The number of nitrogens with zero attached hydrogens (tertiary/aromatic N) is 7. The van der Waals surface area contributed by atoms with Gasteiger partial charge in [0, 0.05) is 11.8 Å². The second-order valence-corrected chi connectivity index (χ2v) is 7.55. The first-order valence-electron chi connectivity index (χ1n) is 9.52. The summed E-state index contributed by atoms with van der Waals surface area (Å²) in [6, 6.07) is 6.31. The number of rotatable bonds is 2. The molecule has 0 radical (unpaired) electrons. The number of nitrogen functional groups attached to an aromatic ring is 1. The molecule has 2 N–H and O–H groups in total. The quantitative estimate of drug-likeness (QED) is 0.576. The Morgan fingerprint density at radius 1 is 1.07 bits per heavy atom. The molecule has 5 rings (SSSR count). The van der Waals surface area contributed by atoms with Crippen molar-refractivity contribution in [1.82, 2.24) is 34.8 Å². The molecule has 1 aliphatic heterocycles. The highest BCUT2D eigenvalue weighted by Crippen LogP contribution is 2.29. The van der Waals surface area contributed by atoms with E-state index in [1.807, 2.05) is 25.1 Å². The molecule has 8 heteroatoms. The molecule has 0 saturated carbocycles. The van der Waals surface area contributed by atoms with Crippen LogP contribution in [0.5, 0.6) is 0 Å². The Labute approximate surface area is 162 Å². The smallest absolute Gasteiger partial charge is 0.133 e. The minimum absolute atomic E-state index is 0.331. The van der Waals surface area contributed by atoms with Gasteiger partial charge in [-0.2, -0.15) is 0 Å². The zero-order valence-corrected chi connectivity index (χ0v) is 16.0. The van der Waals surface area contributed by atoms with Crippen molar-refractivity contribution in [3.8, 4) is 11.3 Å². The highest BCUT2D eigenvalue weighted by atomic mass is 15.4. The Balaban J connectivity index is 1.67. The predicted octanol–water partition coefficient (Wildman–Crippen LogP) is 2.59. The molecule has 1 aliphatic rings. The van der Waals surface area contributed by atoms with Crippen molar-refractivity contribution in [2.75, 3.05) is 25.9 Å². The number of nitrogens with two attached hydrogens (primary N) is 1. The molecule has 0 atom stereocenters. The van der Waals surface area contributed by atoms with Crippen molar-refractivity contribution in [2.45, 2.75) is 25.8 Å². The summed E-state index contributed by atoms with van der Waals surface area (Å²) >= 11 is 0. The number of hydrogen-bond acceptors (Lipinski definition) is 7. The maximum absolute atomic E-state index is 5.87. The maximum atomic E-state index is 5.87. The molecule has 142 valence electrons. The van der Waals surface area contributed by atoms with Crippen LogP contribution in [0.2, 0.25) is 0 Å². The number of aromatic nitrogens is 6. The van der Waals surface area contributed by atoms with Crippen LogP contribution in [0.1, 0.15) is 24.4 Å². The van der Waals surface area contributed by atoms with Crippen LogP contribution < -0.4 is 5.73 Å². The van der Waals surface area contributed by atoms with E-state index in [0.29, 0.717) is 11.9 Å². The van der Waals surface area contributed by atoms with Crippen LogP contribution in [0, 0.1) is 6.92 Å². The summed E-state index contributed by atoms with van der Waals surface area (Å²) in [5, 5.41) is 8.82. The van der Waals surface area contributed by atoms with Crippen molar-refractivity contribution in [2.24, 2.45) is 0 Å². The third-order valence-corrected chi connectivity index (χ3v) is 5.59. The lowest BCUT2D eigenvalue weighted by Crippen LogP contribution is -2.31. The number of fused-ring (bicyclic) bond motifs is 3. The SMILES string of the molecule is Cc1cc(-c2ccc3ncc4nnn(C5CCN(C)CC5)c4c3n2)cnc1N. The van der Waals surface area contributed by atoms with Crippen molar-refractivity contribution < 1.29 is 0 Å². The Bertz CT molecular complexity index is 1170. The summed E-state index contributed by atoms with van der Waals surface area (Å²) < 4.78 is 2.05. The van der Waals surface area contributed by atoms with E-state index < -0.39 is 0 Å². The van der Waals surface area contributed by atoms with Gasteiger partial charge in [0.05, 0.1) is 23.4 Å². The Morgan fingerprint density at radius 2 is 1.89 bits per heavy atom. The predicted molar refractivity (Wildman–Crippen MR) is 109 cm³/mol. The molecule has 1 fully saturated rings. The first-order chi connectivity index (χ1) is 13.6. The van der Waals surface area contributed by atoms with Gasteiger partial charge < -0.3 is 10.6 Å². The summed E-state index contributed by atoms with van der Waals surface area (Å²) in [5.41, 5.74) is 12.0. The zero-order valence-electron chi connectivity index (χ0n) is 16.0. The van der Waals surface area contributed by atoms with E-state index in [2.05, 4.69) is 36.9 Å². The molecule has 5 heterocycles. The maximum Gasteiger partial charge on any atom is 0.133 e. The van der Waals surface area contributed by atoms with Crippen molar-refractivity contribution in [3.05, 3.63) is 36.2 Å². The average molecular weight is 374 g/mol. The van der Waals surface area contributed by atoms with Gasteiger partial charge in [0.15, 0.2) is 0 Å². The van der Waals surface area contributed by atoms with Gasteiger partial charge in [-0.1, -0.05) is 5.21 Å². The van der Waals surface area contributed by atoms with Gasteiger partial charge in [0.25, 0.3) is 0 Å². The summed E-state index contributed by atoms with van der Waals surface area (Å²) in [6.07, 6.45) is 5.65. The summed E-state index contributed by atoms with van der Waals surface area (Å²) in [7, 11) is 2.16. The van der Waals surface area contributed by atoms with Crippen LogP contribution in [0.15, 0.2) is 30.6 Å². The number of pyridine rings is 3. The van der Waals surface area contributed by atoms with E-state index in [1.54, 1.807) is 12.4 Å². The van der Waals surface area contributed by atoms with E-state index >= 15 is 0 Å². The molecule has 0 spiro atoms. The average Bonchev–Trinajstić information content (AvgIpc) is 3.15. The molecule has 0 aromatic carbocycles. The number of hydrogen-bond donors (Lipinski definition) is 1. The van der Waals surface area contributed by atoms with Crippen LogP contribution in [0.3, 0.4) is 0 Å². The Hall–Kier alpha value is -3.13. The van der Waals surface area contributed by atoms with Crippen LogP contribution >= 0.6 is 0 Å². The molecule has 4 aromatic rings. The first kappa shape index (κ1) is 17.0. The van der Waals surface area contributed by atoms with Crippen LogP contribution in [-0.4, -0.2) is 55.0 Å². The van der Waals surface area contributed by atoms with Crippen LogP contribution in [0.25, 0.3) is 33.3 Å². The Kier molecular flexibility index (Phi) is 3.94. The zero-order chi connectivity index (χ0) is 19.3. The number of piperidine rings is 1. The number of likely N-dealkylation sites (tertiary alicyclic amines) is 1. The molecule has 28 heavy (non-hydrogen) atoms. The van der Waals surface area contributed by atoms with Crippen LogP contribution in [-0.2, 0) is 0 Å². The third-order valence-electron chi connectivity index (χ3n) is 5.59. The van der Waals surface area contributed by atoms with Crippen molar-refractivity contribution in [3.63, 3.8) is 0 Å². The molecule has 0 bridgehead atoms. The molecule has 0 amide bonds. The molecule has 0 aliphatic carbocycles. The van der Waals surface area contributed by atoms with Gasteiger partial charge in [0.2, 0.25) is 0 Å². The highest BCUT2D eigenvalue weighted by Gasteiger charge is 2.23. The molecule has 1 saturated heterocycles. The van der Waals surface area contributed by atoms with E-state index in [4.69, 9.17) is 10.7 Å². The standard InChI is InChI=1S/C20H22N8/c1-12-9-13(10-23-20(12)21)15-3-4-16-18(24-15)19-17(11-22-16)25-26-28(19)14-5-7-27(2)8-6-14/h3-4,9-11,14H,5-8H2,1-2H3,(H2,21,23). The largest absolute Gasteiger partial charge is 0.383 e. The Morgan fingerprint density at radius 3 is 2.68 bits per heavy atom. The second-order valence-electron chi connectivity index (χ2n) is 7.55. The molecule has 8 nitrogen and oxygen atoms in total. The van der Waals surface area contributed by atoms with Gasteiger partial charge >= 0.3 is 0 Å². The van der Waals surface area contributed by atoms with Gasteiger partial charge in [0.1, 0.15) is 22.4 Å². The summed E-state index contributed by atoms with van der Waals surface area (Å²) in [4.78, 5) is 16.1. The monoisotopic (exact) mass is 374 g/mol. The molecule has 4 aromatic heterocycles. The second kappa shape index (κ2) is 6.49. The van der Waals surface area contributed by atoms with E-state index in [-0.39, 0.29) is 0 Å². The fourth-order valence-electron chi connectivity index (χ4n) is 3.86. The topological polar surface area (TPSA) is 98.6 Å². The lowest BCUT2D eigenvalue weighted by Gasteiger charge is -2.29. The van der Waals surface area contributed by atoms with E-state index in [1.165, 1.54) is 0 Å². The molecular weight excluding hydrogens is 352 g/mol.